The van der Waals surface area contributed by atoms with Gasteiger partial charge in [0.05, 0.1) is 24.0 Å². The van der Waals surface area contributed by atoms with Gasteiger partial charge < -0.3 is 5.32 Å². The molecule has 100 valence electrons. The summed E-state index contributed by atoms with van der Waals surface area (Å²) in [5.74, 6) is 0.186. The van der Waals surface area contributed by atoms with E-state index in [4.69, 9.17) is 0 Å². The van der Waals surface area contributed by atoms with Gasteiger partial charge in [-0.25, -0.2) is 4.68 Å². The zero-order valence-corrected chi connectivity index (χ0v) is 10.4. The molecule has 0 aliphatic rings. The van der Waals surface area contributed by atoms with Crippen molar-refractivity contribution < 1.29 is 4.79 Å². The number of rotatable bonds is 4. The summed E-state index contributed by atoms with van der Waals surface area (Å²) in [7, 11) is 0. The van der Waals surface area contributed by atoms with E-state index in [-0.39, 0.29) is 12.5 Å². The van der Waals surface area contributed by atoms with E-state index in [0.29, 0.717) is 11.4 Å². The molecular weight excluding hydrogens is 258 g/mol. The van der Waals surface area contributed by atoms with Gasteiger partial charge in [-0.05, 0) is 12.1 Å². The lowest BCUT2D eigenvalue weighted by molar-refractivity contribution is 0.0950. The Morgan fingerprint density at radius 2 is 2.15 bits per heavy atom. The van der Waals surface area contributed by atoms with Crippen molar-refractivity contribution in [2.24, 2.45) is 0 Å². The maximum Gasteiger partial charge on any atom is 0.254 e. The number of nitrogens with zero attached hydrogens (tertiary/aromatic N) is 5. The van der Waals surface area contributed by atoms with Crippen LogP contribution >= 0.6 is 0 Å². The lowest BCUT2D eigenvalue weighted by Crippen LogP contribution is -2.23. The molecule has 0 aliphatic carbocycles. The number of hydrogen-bond acceptors (Lipinski definition) is 5. The standard InChI is InChI=1S/C12H11N7O/c20-12(13-7-11-15-17-18-16-11)9-6-14-19(8-9)10-4-2-1-3-5-10/h1-6,8H,7H2,(H,13,20)(H,15,16,17,18). The van der Waals surface area contributed by atoms with Crippen LogP contribution in [0.2, 0.25) is 0 Å². The number of hydrogen-bond donors (Lipinski definition) is 2. The van der Waals surface area contributed by atoms with Crippen LogP contribution in [-0.4, -0.2) is 36.3 Å². The molecule has 3 aromatic rings. The molecule has 2 N–H and O–H groups in total. The van der Waals surface area contributed by atoms with Gasteiger partial charge in [0.1, 0.15) is 0 Å². The number of tetrazole rings is 1. The van der Waals surface area contributed by atoms with E-state index in [1.807, 2.05) is 30.3 Å². The van der Waals surface area contributed by atoms with Crippen molar-refractivity contribution in [2.45, 2.75) is 6.54 Å². The topological polar surface area (TPSA) is 101 Å². The number of nitrogens with one attached hydrogen (secondary N) is 2. The van der Waals surface area contributed by atoms with Crippen LogP contribution in [0.3, 0.4) is 0 Å². The van der Waals surface area contributed by atoms with Crippen LogP contribution in [0.15, 0.2) is 42.7 Å². The summed E-state index contributed by atoms with van der Waals surface area (Å²) in [6.07, 6.45) is 3.18. The number of para-hydroxylation sites is 1. The van der Waals surface area contributed by atoms with Crippen molar-refractivity contribution in [1.29, 1.82) is 0 Å². The SMILES string of the molecule is O=C(NCc1nn[nH]n1)c1cnn(-c2ccccc2)c1. The highest BCUT2D eigenvalue weighted by atomic mass is 16.1. The van der Waals surface area contributed by atoms with E-state index in [1.165, 1.54) is 6.20 Å². The second-order valence-corrected chi connectivity index (χ2v) is 4.02. The zero-order chi connectivity index (χ0) is 13.8. The molecule has 20 heavy (non-hydrogen) atoms. The quantitative estimate of drug-likeness (QED) is 0.710. The molecule has 8 heteroatoms. The molecule has 0 radical (unpaired) electrons. The molecule has 2 heterocycles. The molecule has 0 atom stereocenters. The van der Waals surface area contributed by atoms with Crippen LogP contribution in [-0.2, 0) is 6.54 Å². The Kier molecular flexibility index (Phi) is 3.19. The van der Waals surface area contributed by atoms with Crippen molar-refractivity contribution >= 4 is 5.91 Å². The average Bonchev–Trinajstić information content (AvgIpc) is 3.17. The molecule has 3 rings (SSSR count). The zero-order valence-electron chi connectivity index (χ0n) is 10.4. The summed E-state index contributed by atoms with van der Waals surface area (Å²) in [6, 6.07) is 9.56. The first-order valence-corrected chi connectivity index (χ1v) is 5.93. The maximum absolute atomic E-state index is 11.9. The molecule has 1 aromatic carbocycles. The van der Waals surface area contributed by atoms with E-state index in [0.717, 1.165) is 5.69 Å². The van der Waals surface area contributed by atoms with Crippen LogP contribution in [0.5, 0.6) is 0 Å². The third-order valence-corrected chi connectivity index (χ3v) is 2.66. The fourth-order valence-corrected chi connectivity index (χ4v) is 1.68. The van der Waals surface area contributed by atoms with E-state index in [1.54, 1.807) is 10.9 Å². The second kappa shape index (κ2) is 5.31. The lowest BCUT2D eigenvalue weighted by Gasteiger charge is -2.00. The Morgan fingerprint density at radius 3 is 2.90 bits per heavy atom. The van der Waals surface area contributed by atoms with Gasteiger partial charge in [-0.3, -0.25) is 4.79 Å². The first-order valence-electron chi connectivity index (χ1n) is 5.93. The summed E-state index contributed by atoms with van der Waals surface area (Å²) >= 11 is 0. The summed E-state index contributed by atoms with van der Waals surface area (Å²) in [6.45, 7) is 0.214. The van der Waals surface area contributed by atoms with Crippen LogP contribution in [0.1, 0.15) is 16.2 Å². The Balaban J connectivity index is 1.69. The molecule has 0 unspecified atom stereocenters. The highest BCUT2D eigenvalue weighted by molar-refractivity contribution is 5.93. The lowest BCUT2D eigenvalue weighted by atomic mass is 10.3. The van der Waals surface area contributed by atoms with Gasteiger partial charge in [0.25, 0.3) is 5.91 Å². The molecule has 2 aromatic heterocycles. The van der Waals surface area contributed by atoms with Gasteiger partial charge in [0.2, 0.25) is 0 Å². The number of carbonyl (C=O) groups excluding carboxylic acids is 1. The Bertz CT molecular complexity index is 690. The van der Waals surface area contributed by atoms with Crippen molar-refractivity contribution in [3.05, 3.63) is 54.1 Å². The third kappa shape index (κ3) is 2.53. The van der Waals surface area contributed by atoms with E-state index < -0.39 is 0 Å². The largest absolute Gasteiger partial charge is 0.344 e. The van der Waals surface area contributed by atoms with E-state index >= 15 is 0 Å². The molecule has 0 spiro atoms. The molecule has 0 fully saturated rings. The first-order chi connectivity index (χ1) is 9.83. The third-order valence-electron chi connectivity index (χ3n) is 2.66. The predicted molar refractivity (Wildman–Crippen MR) is 68.9 cm³/mol. The molecule has 0 bridgehead atoms. The molecule has 1 amide bonds. The van der Waals surface area contributed by atoms with E-state index in [9.17, 15) is 4.79 Å². The summed E-state index contributed by atoms with van der Waals surface area (Å²) in [4.78, 5) is 11.9. The van der Waals surface area contributed by atoms with Gasteiger partial charge in [0.15, 0.2) is 5.82 Å². The van der Waals surface area contributed by atoms with Gasteiger partial charge in [-0.15, -0.1) is 10.2 Å². The highest BCUT2D eigenvalue weighted by Gasteiger charge is 2.10. The fourth-order valence-electron chi connectivity index (χ4n) is 1.68. The smallest absolute Gasteiger partial charge is 0.254 e. The van der Waals surface area contributed by atoms with Gasteiger partial charge in [-0.1, -0.05) is 23.4 Å². The number of H-pyrrole nitrogens is 1. The van der Waals surface area contributed by atoms with Crippen LogP contribution < -0.4 is 5.32 Å². The summed E-state index contributed by atoms with van der Waals surface area (Å²) in [5, 5.41) is 20.1. The number of aromatic nitrogens is 6. The molecular formula is C12H11N7O. The fraction of sp³-hybridized carbons (Fsp3) is 0.0833. The minimum atomic E-state index is -0.239. The minimum absolute atomic E-state index is 0.214. The summed E-state index contributed by atoms with van der Waals surface area (Å²) in [5.41, 5.74) is 1.36. The van der Waals surface area contributed by atoms with Crippen LogP contribution in [0.4, 0.5) is 0 Å². The first kappa shape index (κ1) is 12.0. The molecule has 8 nitrogen and oxygen atoms in total. The van der Waals surface area contributed by atoms with Gasteiger partial charge >= 0.3 is 0 Å². The normalized spacial score (nSPS) is 10.4. The molecule has 0 saturated heterocycles. The van der Waals surface area contributed by atoms with Crippen molar-refractivity contribution in [2.75, 3.05) is 0 Å². The monoisotopic (exact) mass is 269 g/mol. The number of aromatic amines is 1. The number of carbonyl (C=O) groups is 1. The average molecular weight is 269 g/mol. The minimum Gasteiger partial charge on any atom is -0.344 e. The Labute approximate surface area is 113 Å². The van der Waals surface area contributed by atoms with Gasteiger partial charge in [0, 0.05) is 6.20 Å². The highest BCUT2D eigenvalue weighted by Crippen LogP contribution is 2.07. The van der Waals surface area contributed by atoms with Crippen LogP contribution in [0.25, 0.3) is 5.69 Å². The molecule has 0 saturated carbocycles. The Morgan fingerprint density at radius 1 is 1.30 bits per heavy atom. The Hall–Kier alpha value is -3.03. The van der Waals surface area contributed by atoms with Gasteiger partial charge in [-0.2, -0.15) is 10.3 Å². The van der Waals surface area contributed by atoms with Crippen molar-refractivity contribution in [1.82, 2.24) is 35.7 Å². The summed E-state index contributed by atoms with van der Waals surface area (Å²) < 4.78 is 1.64. The maximum atomic E-state index is 11.9. The van der Waals surface area contributed by atoms with E-state index in [2.05, 4.69) is 31.0 Å². The molecule has 0 aliphatic heterocycles. The van der Waals surface area contributed by atoms with Crippen molar-refractivity contribution in [3.63, 3.8) is 0 Å². The second-order valence-electron chi connectivity index (χ2n) is 4.02. The predicted octanol–water partition coefficient (Wildman–Crippen LogP) is 0.315. The number of amides is 1. The number of benzene rings is 1. The van der Waals surface area contributed by atoms with Crippen molar-refractivity contribution in [3.8, 4) is 5.69 Å². The van der Waals surface area contributed by atoms with Crippen LogP contribution in [0, 0.1) is 0 Å².